The summed E-state index contributed by atoms with van der Waals surface area (Å²) < 4.78 is 0. The Morgan fingerprint density at radius 2 is 2.33 bits per heavy atom. The summed E-state index contributed by atoms with van der Waals surface area (Å²) in [6, 6.07) is 0. The highest BCUT2D eigenvalue weighted by atomic mass is 35.5. The lowest BCUT2D eigenvalue weighted by molar-refractivity contribution is 0.292. The van der Waals surface area contributed by atoms with Gasteiger partial charge in [0, 0.05) is 13.2 Å². The van der Waals surface area contributed by atoms with Gasteiger partial charge in [-0.3, -0.25) is 4.98 Å². The molecular weight excluding hydrogens is 178 g/mol. The van der Waals surface area contributed by atoms with E-state index in [0.29, 0.717) is 23.9 Å². The van der Waals surface area contributed by atoms with Gasteiger partial charge in [-0.05, 0) is 6.42 Å². The maximum Gasteiger partial charge on any atom is 0.149 e. The van der Waals surface area contributed by atoms with Crippen LogP contribution in [0.15, 0.2) is 12.4 Å². The second kappa shape index (κ2) is 4.90. The van der Waals surface area contributed by atoms with E-state index in [4.69, 9.17) is 16.7 Å². The van der Waals surface area contributed by atoms with Crippen molar-refractivity contribution in [2.75, 3.05) is 18.5 Å². The zero-order valence-electron chi connectivity index (χ0n) is 6.50. The molecule has 0 bridgehead atoms. The summed E-state index contributed by atoms with van der Waals surface area (Å²) in [5, 5.41) is 11.8. The van der Waals surface area contributed by atoms with E-state index in [2.05, 4.69) is 15.3 Å². The van der Waals surface area contributed by atoms with Gasteiger partial charge in [0.05, 0.1) is 12.4 Å². The van der Waals surface area contributed by atoms with Crippen molar-refractivity contribution in [2.45, 2.75) is 6.42 Å². The van der Waals surface area contributed by atoms with Crippen LogP contribution in [0.25, 0.3) is 0 Å². The van der Waals surface area contributed by atoms with E-state index in [-0.39, 0.29) is 6.61 Å². The normalized spacial score (nSPS) is 9.83. The third kappa shape index (κ3) is 3.02. The topological polar surface area (TPSA) is 58.0 Å². The molecule has 2 N–H and O–H groups in total. The summed E-state index contributed by atoms with van der Waals surface area (Å²) >= 11 is 5.59. The maximum absolute atomic E-state index is 8.50. The fourth-order valence-corrected chi connectivity index (χ4v) is 0.870. The summed E-state index contributed by atoms with van der Waals surface area (Å²) in [4.78, 5) is 7.80. The predicted octanol–water partition coefficient (Wildman–Crippen LogP) is 0.924. The predicted molar refractivity (Wildman–Crippen MR) is 47.2 cm³/mol. The quantitative estimate of drug-likeness (QED) is 0.689. The molecule has 5 heteroatoms. The van der Waals surface area contributed by atoms with Crippen molar-refractivity contribution in [3.63, 3.8) is 0 Å². The molecule has 1 heterocycles. The molecular formula is C7H10ClN3O. The first-order valence-corrected chi connectivity index (χ1v) is 4.03. The van der Waals surface area contributed by atoms with Gasteiger partial charge in [0.15, 0.2) is 0 Å². The van der Waals surface area contributed by atoms with Crippen molar-refractivity contribution in [3.05, 3.63) is 17.5 Å². The molecule has 0 fully saturated rings. The first-order chi connectivity index (χ1) is 5.83. The minimum absolute atomic E-state index is 0.168. The zero-order valence-corrected chi connectivity index (χ0v) is 7.25. The van der Waals surface area contributed by atoms with E-state index >= 15 is 0 Å². The van der Waals surface area contributed by atoms with Gasteiger partial charge in [-0.2, -0.15) is 0 Å². The Hall–Kier alpha value is -0.870. The molecule has 0 aliphatic rings. The Kier molecular flexibility index (Phi) is 3.76. The van der Waals surface area contributed by atoms with E-state index < -0.39 is 0 Å². The van der Waals surface area contributed by atoms with E-state index in [1.807, 2.05) is 0 Å². The van der Waals surface area contributed by atoms with Crippen molar-refractivity contribution in [1.82, 2.24) is 9.97 Å². The lowest BCUT2D eigenvalue weighted by Crippen LogP contribution is -2.05. The highest BCUT2D eigenvalue weighted by Gasteiger charge is 1.93. The molecule has 0 aliphatic heterocycles. The van der Waals surface area contributed by atoms with Crippen LogP contribution in [-0.4, -0.2) is 28.2 Å². The van der Waals surface area contributed by atoms with Crippen molar-refractivity contribution >= 4 is 17.4 Å². The lowest BCUT2D eigenvalue weighted by Gasteiger charge is -2.02. The van der Waals surface area contributed by atoms with Gasteiger partial charge >= 0.3 is 0 Å². The van der Waals surface area contributed by atoms with Gasteiger partial charge in [0.2, 0.25) is 0 Å². The van der Waals surface area contributed by atoms with Crippen molar-refractivity contribution < 1.29 is 5.11 Å². The number of aliphatic hydroxyl groups excluding tert-OH is 1. The first-order valence-electron chi connectivity index (χ1n) is 3.65. The Labute approximate surface area is 75.6 Å². The molecule has 0 unspecified atom stereocenters. The van der Waals surface area contributed by atoms with E-state index in [0.717, 1.165) is 0 Å². The number of halogens is 1. The highest BCUT2D eigenvalue weighted by molar-refractivity contribution is 6.29. The number of hydrogen-bond donors (Lipinski definition) is 2. The Balaban J connectivity index is 2.41. The SMILES string of the molecule is OCCCNc1cncc(Cl)n1. The van der Waals surface area contributed by atoms with Crippen LogP contribution in [0.1, 0.15) is 6.42 Å². The second-order valence-electron chi connectivity index (χ2n) is 2.23. The van der Waals surface area contributed by atoms with Crippen LogP contribution >= 0.6 is 11.6 Å². The molecule has 1 aromatic heterocycles. The van der Waals surface area contributed by atoms with Gasteiger partial charge in [-0.25, -0.2) is 4.98 Å². The Morgan fingerprint density at radius 3 is 3.00 bits per heavy atom. The summed E-state index contributed by atoms with van der Waals surface area (Å²) in [7, 11) is 0. The molecule has 0 saturated heterocycles. The van der Waals surface area contributed by atoms with Crippen LogP contribution < -0.4 is 5.32 Å². The molecule has 0 radical (unpaired) electrons. The molecule has 4 nitrogen and oxygen atoms in total. The zero-order chi connectivity index (χ0) is 8.81. The number of aromatic nitrogens is 2. The highest BCUT2D eigenvalue weighted by Crippen LogP contribution is 2.05. The number of rotatable bonds is 4. The number of anilines is 1. The number of nitrogens with zero attached hydrogens (tertiary/aromatic N) is 2. The molecule has 0 amide bonds. The first kappa shape index (κ1) is 9.22. The van der Waals surface area contributed by atoms with Crippen LogP contribution in [0.5, 0.6) is 0 Å². The van der Waals surface area contributed by atoms with Gasteiger partial charge in [0.1, 0.15) is 11.0 Å². The fraction of sp³-hybridized carbons (Fsp3) is 0.429. The smallest absolute Gasteiger partial charge is 0.149 e. The summed E-state index contributed by atoms with van der Waals surface area (Å²) in [5.74, 6) is 0.635. The molecule has 0 saturated carbocycles. The van der Waals surface area contributed by atoms with Crippen molar-refractivity contribution in [2.24, 2.45) is 0 Å². The summed E-state index contributed by atoms with van der Waals surface area (Å²) in [6.07, 6.45) is 3.75. The number of nitrogens with one attached hydrogen (secondary N) is 1. The third-order valence-electron chi connectivity index (χ3n) is 1.25. The van der Waals surface area contributed by atoms with Crippen LogP contribution in [0.4, 0.5) is 5.82 Å². The molecule has 1 aromatic rings. The van der Waals surface area contributed by atoms with Gasteiger partial charge < -0.3 is 10.4 Å². The largest absolute Gasteiger partial charge is 0.396 e. The third-order valence-corrected chi connectivity index (χ3v) is 1.43. The minimum atomic E-state index is 0.168. The molecule has 1 rings (SSSR count). The summed E-state index contributed by atoms with van der Waals surface area (Å²) in [6.45, 7) is 0.840. The molecule has 0 aromatic carbocycles. The van der Waals surface area contributed by atoms with E-state index in [9.17, 15) is 0 Å². The Bertz CT molecular complexity index is 244. The molecule has 0 aliphatic carbocycles. The monoisotopic (exact) mass is 187 g/mol. The number of hydrogen-bond acceptors (Lipinski definition) is 4. The molecule has 66 valence electrons. The Morgan fingerprint density at radius 1 is 1.50 bits per heavy atom. The van der Waals surface area contributed by atoms with Gasteiger partial charge in [-0.15, -0.1) is 0 Å². The van der Waals surface area contributed by atoms with Crippen molar-refractivity contribution in [3.8, 4) is 0 Å². The van der Waals surface area contributed by atoms with Gasteiger partial charge in [0.25, 0.3) is 0 Å². The minimum Gasteiger partial charge on any atom is -0.396 e. The van der Waals surface area contributed by atoms with Crippen LogP contribution in [-0.2, 0) is 0 Å². The van der Waals surface area contributed by atoms with Crippen molar-refractivity contribution in [1.29, 1.82) is 0 Å². The maximum atomic E-state index is 8.50. The molecule has 0 atom stereocenters. The number of aliphatic hydroxyl groups is 1. The average Bonchev–Trinajstić information content (AvgIpc) is 2.05. The van der Waals surface area contributed by atoms with Gasteiger partial charge in [-0.1, -0.05) is 11.6 Å². The lowest BCUT2D eigenvalue weighted by atomic mass is 10.4. The molecule has 0 spiro atoms. The average molecular weight is 188 g/mol. The summed E-state index contributed by atoms with van der Waals surface area (Å²) in [5.41, 5.74) is 0. The van der Waals surface area contributed by atoms with Crippen LogP contribution in [0.3, 0.4) is 0 Å². The van der Waals surface area contributed by atoms with Crippen LogP contribution in [0.2, 0.25) is 5.15 Å². The van der Waals surface area contributed by atoms with E-state index in [1.165, 1.54) is 6.20 Å². The fourth-order valence-electron chi connectivity index (χ4n) is 0.723. The molecule has 12 heavy (non-hydrogen) atoms. The standard InChI is InChI=1S/C7H10ClN3O/c8-6-4-9-5-7(11-6)10-2-1-3-12/h4-5,12H,1-3H2,(H,10,11). The van der Waals surface area contributed by atoms with Crippen LogP contribution in [0, 0.1) is 0 Å². The second-order valence-corrected chi connectivity index (χ2v) is 2.62. The van der Waals surface area contributed by atoms with E-state index in [1.54, 1.807) is 6.20 Å².